The van der Waals surface area contributed by atoms with E-state index in [0.29, 0.717) is 6.42 Å². The Bertz CT molecular complexity index is 1130. The Morgan fingerprint density at radius 2 is 1.67 bits per heavy atom. The Kier molecular flexibility index (Phi) is 7.24. The van der Waals surface area contributed by atoms with Crippen LogP contribution in [0, 0.1) is 5.41 Å². The smallest absolute Gasteiger partial charge is 0.356 e. The van der Waals surface area contributed by atoms with Crippen LogP contribution in [0.3, 0.4) is 0 Å². The molecule has 0 aliphatic rings. The molecule has 2 atom stereocenters. The van der Waals surface area contributed by atoms with Crippen molar-refractivity contribution < 1.29 is 29.7 Å². The summed E-state index contributed by atoms with van der Waals surface area (Å²) in [4.78, 5) is 35.4. The van der Waals surface area contributed by atoms with E-state index in [-0.39, 0.29) is 17.8 Å². The van der Waals surface area contributed by atoms with Gasteiger partial charge in [-0.3, -0.25) is 14.7 Å². The summed E-state index contributed by atoms with van der Waals surface area (Å²) in [6.07, 6.45) is 0.272. The Labute approximate surface area is 190 Å². The van der Waals surface area contributed by atoms with Crippen molar-refractivity contribution in [3.63, 3.8) is 0 Å². The predicted octanol–water partition coefficient (Wildman–Crippen LogP) is 2.59. The molecule has 172 valence electrons. The van der Waals surface area contributed by atoms with E-state index in [2.05, 4.69) is 15.5 Å². The van der Waals surface area contributed by atoms with E-state index in [0.717, 1.165) is 22.8 Å². The van der Waals surface area contributed by atoms with Gasteiger partial charge in [0.2, 0.25) is 0 Å². The highest BCUT2D eigenvalue weighted by Crippen LogP contribution is 2.26. The molecule has 0 spiro atoms. The number of aromatic amines is 1. The fraction of sp³-hybridized carbons (Fsp3) is 0.250. The summed E-state index contributed by atoms with van der Waals surface area (Å²) in [5, 5.41) is 36.9. The average molecular weight is 451 g/mol. The van der Waals surface area contributed by atoms with Gasteiger partial charge in [0, 0.05) is 12.1 Å². The molecule has 0 aliphatic carbocycles. The Balaban J connectivity index is 1.81. The number of aliphatic hydroxyl groups excluding tert-OH is 1. The molecule has 5 N–H and O–H groups in total. The van der Waals surface area contributed by atoms with Crippen molar-refractivity contribution in [3.8, 4) is 11.1 Å². The summed E-state index contributed by atoms with van der Waals surface area (Å²) in [5.74, 6) is -3.08. The highest BCUT2D eigenvalue weighted by atomic mass is 16.4. The lowest BCUT2D eigenvalue weighted by Gasteiger charge is -2.28. The fourth-order valence-corrected chi connectivity index (χ4v) is 3.50. The van der Waals surface area contributed by atoms with Gasteiger partial charge in [-0.05, 0) is 36.5 Å². The minimum atomic E-state index is -1.47. The Morgan fingerprint density at radius 1 is 1.03 bits per heavy atom. The monoisotopic (exact) mass is 451 g/mol. The van der Waals surface area contributed by atoms with Gasteiger partial charge in [0.05, 0.1) is 12.0 Å². The van der Waals surface area contributed by atoms with Crippen LogP contribution < -0.4 is 5.32 Å². The molecule has 0 fully saturated rings. The molecule has 0 radical (unpaired) electrons. The lowest BCUT2D eigenvalue weighted by molar-refractivity contribution is -0.151. The average Bonchev–Trinajstić information content (AvgIpc) is 3.31. The molecule has 3 aromatic rings. The summed E-state index contributed by atoms with van der Waals surface area (Å²) >= 11 is 0. The van der Waals surface area contributed by atoms with Crippen LogP contribution in [-0.4, -0.2) is 56.0 Å². The zero-order chi connectivity index (χ0) is 24.0. The van der Waals surface area contributed by atoms with Crippen LogP contribution in [0.4, 0.5) is 0 Å². The highest BCUT2D eigenvalue weighted by molar-refractivity contribution is 5.95. The number of rotatable bonds is 10. The molecule has 1 amide bonds. The number of aromatic carboxylic acids is 1. The number of nitrogens with one attached hydrogen (secondary N) is 2. The Morgan fingerprint density at radius 3 is 2.21 bits per heavy atom. The summed E-state index contributed by atoms with van der Waals surface area (Å²) in [6, 6.07) is 18.0. The van der Waals surface area contributed by atoms with E-state index in [9.17, 15) is 24.6 Å². The van der Waals surface area contributed by atoms with Gasteiger partial charge in [0.25, 0.3) is 5.91 Å². The number of carbonyl (C=O) groups is 3. The maximum Gasteiger partial charge on any atom is 0.356 e. The molecule has 1 unspecified atom stereocenters. The topological polar surface area (TPSA) is 153 Å². The molecule has 0 bridgehead atoms. The third kappa shape index (κ3) is 5.83. The van der Waals surface area contributed by atoms with Gasteiger partial charge in [0.1, 0.15) is 5.69 Å². The van der Waals surface area contributed by atoms with E-state index < -0.39 is 35.9 Å². The number of carboxylic acid groups (broad SMARTS) is 2. The third-order valence-electron chi connectivity index (χ3n) is 5.48. The van der Waals surface area contributed by atoms with Crippen LogP contribution in [0.15, 0.2) is 60.7 Å². The molecule has 9 nitrogen and oxygen atoms in total. The second-order valence-electron chi connectivity index (χ2n) is 8.14. The van der Waals surface area contributed by atoms with Gasteiger partial charge in [-0.15, -0.1) is 0 Å². The number of hydrogen-bond acceptors (Lipinski definition) is 5. The van der Waals surface area contributed by atoms with Gasteiger partial charge in [-0.1, -0.05) is 54.6 Å². The SMILES string of the molecule is CC(CO)(C[C@@H](Cc1ccc(-c2ccccc2)cc1)NC(=O)c1cc(C(=O)O)n[nH]1)C(=O)O. The van der Waals surface area contributed by atoms with E-state index in [1.165, 1.54) is 6.92 Å². The first kappa shape index (κ1) is 23.7. The Hall–Kier alpha value is -3.98. The minimum Gasteiger partial charge on any atom is -0.481 e. The summed E-state index contributed by atoms with van der Waals surface area (Å²) in [7, 11) is 0. The lowest BCUT2D eigenvalue weighted by Crippen LogP contribution is -2.44. The number of carboxylic acids is 2. The normalized spacial score (nSPS) is 13.6. The van der Waals surface area contributed by atoms with Crippen molar-refractivity contribution >= 4 is 17.8 Å². The second kappa shape index (κ2) is 10.1. The van der Waals surface area contributed by atoms with Crippen LogP contribution in [0.25, 0.3) is 11.1 Å². The number of amides is 1. The third-order valence-corrected chi connectivity index (χ3v) is 5.48. The van der Waals surface area contributed by atoms with E-state index in [1.807, 2.05) is 54.6 Å². The van der Waals surface area contributed by atoms with Crippen molar-refractivity contribution in [3.05, 3.63) is 77.6 Å². The van der Waals surface area contributed by atoms with Gasteiger partial charge in [0.15, 0.2) is 5.69 Å². The molecule has 1 heterocycles. The maximum atomic E-state index is 12.7. The van der Waals surface area contributed by atoms with E-state index in [1.54, 1.807) is 0 Å². The first-order chi connectivity index (χ1) is 15.7. The van der Waals surface area contributed by atoms with Gasteiger partial charge < -0.3 is 20.6 Å². The fourth-order valence-electron chi connectivity index (χ4n) is 3.50. The molecule has 9 heteroatoms. The predicted molar refractivity (Wildman–Crippen MR) is 120 cm³/mol. The maximum absolute atomic E-state index is 12.7. The minimum absolute atomic E-state index is 0.0368. The zero-order valence-corrected chi connectivity index (χ0v) is 18.0. The molecule has 3 rings (SSSR count). The summed E-state index contributed by atoms with van der Waals surface area (Å²) in [5.41, 5.74) is 1.10. The summed E-state index contributed by atoms with van der Waals surface area (Å²) in [6.45, 7) is 0.806. The van der Waals surface area contributed by atoms with Gasteiger partial charge in [-0.25, -0.2) is 4.79 Å². The number of benzene rings is 2. The molecule has 0 aliphatic heterocycles. The first-order valence-electron chi connectivity index (χ1n) is 10.3. The molecule has 2 aromatic carbocycles. The van der Waals surface area contributed by atoms with Crippen molar-refractivity contribution in [2.45, 2.75) is 25.8 Å². The summed E-state index contributed by atoms with van der Waals surface area (Å²) < 4.78 is 0. The van der Waals surface area contributed by atoms with Crippen molar-refractivity contribution in [1.82, 2.24) is 15.5 Å². The van der Waals surface area contributed by atoms with E-state index >= 15 is 0 Å². The van der Waals surface area contributed by atoms with Crippen LogP contribution >= 0.6 is 0 Å². The number of aromatic nitrogens is 2. The standard InChI is InChI=1S/C24H25N3O6/c1-24(14-28,23(32)33)13-18(25-21(29)19-12-20(22(30)31)27-26-19)11-15-7-9-17(10-8-15)16-5-3-2-4-6-16/h2-10,12,18,28H,11,13-14H2,1H3,(H,25,29)(H,26,27)(H,30,31)(H,32,33)/t18-,24?/m1/s1. The number of carbonyl (C=O) groups excluding carboxylic acids is 1. The zero-order valence-electron chi connectivity index (χ0n) is 18.0. The highest BCUT2D eigenvalue weighted by Gasteiger charge is 2.36. The molecule has 33 heavy (non-hydrogen) atoms. The van der Waals surface area contributed by atoms with Crippen LogP contribution in [0.2, 0.25) is 0 Å². The number of hydrogen-bond donors (Lipinski definition) is 5. The van der Waals surface area contributed by atoms with Crippen LogP contribution in [0.5, 0.6) is 0 Å². The number of aliphatic carboxylic acids is 1. The van der Waals surface area contributed by atoms with Crippen molar-refractivity contribution in [2.24, 2.45) is 5.41 Å². The second-order valence-corrected chi connectivity index (χ2v) is 8.14. The van der Waals surface area contributed by atoms with Crippen molar-refractivity contribution in [1.29, 1.82) is 0 Å². The molecular weight excluding hydrogens is 426 g/mol. The number of nitrogens with zero attached hydrogens (tertiary/aromatic N) is 1. The molecule has 0 saturated carbocycles. The molecule has 1 aromatic heterocycles. The lowest BCUT2D eigenvalue weighted by atomic mass is 9.82. The van der Waals surface area contributed by atoms with Gasteiger partial charge >= 0.3 is 11.9 Å². The molecular formula is C24H25N3O6. The first-order valence-corrected chi connectivity index (χ1v) is 10.3. The number of aliphatic hydroxyl groups is 1. The van der Waals surface area contributed by atoms with Gasteiger partial charge in [-0.2, -0.15) is 5.10 Å². The van der Waals surface area contributed by atoms with Crippen molar-refractivity contribution in [2.75, 3.05) is 6.61 Å². The largest absolute Gasteiger partial charge is 0.481 e. The quantitative estimate of drug-likeness (QED) is 0.318. The van der Waals surface area contributed by atoms with Crippen LogP contribution in [0.1, 0.15) is 39.9 Å². The van der Waals surface area contributed by atoms with E-state index in [4.69, 9.17) is 5.11 Å². The molecule has 0 saturated heterocycles. The number of H-pyrrole nitrogens is 1. The van der Waals surface area contributed by atoms with Crippen LogP contribution in [-0.2, 0) is 11.2 Å².